The Balaban J connectivity index is 1.75. The summed E-state index contributed by atoms with van der Waals surface area (Å²) in [6, 6.07) is 0. The van der Waals surface area contributed by atoms with Gasteiger partial charge in [0.1, 0.15) is 5.02 Å². The molecule has 1 saturated heterocycles. The van der Waals surface area contributed by atoms with Crippen molar-refractivity contribution >= 4 is 11.9 Å². The number of carboxylic acid groups (broad SMARTS) is 1. The molecule has 2 heterocycles. The van der Waals surface area contributed by atoms with Crippen LogP contribution in [0.15, 0.2) is 4.63 Å². The van der Waals surface area contributed by atoms with E-state index in [2.05, 4.69) is 0 Å². The molecule has 0 aromatic carbocycles. The largest absolute Gasteiger partial charge is 0.481 e. The minimum Gasteiger partial charge on any atom is -0.481 e. The Hall–Kier alpha value is -2.06. The van der Waals surface area contributed by atoms with Crippen LogP contribution in [0.5, 0.6) is 0 Å². The van der Waals surface area contributed by atoms with Crippen LogP contribution in [0, 0.1) is 5.92 Å². The Morgan fingerprint density at radius 3 is 2.95 bits per heavy atom. The molecule has 2 rings (SSSR count). The highest BCUT2D eigenvalue weighted by atomic mass is 17.0. The molecule has 1 aromatic rings. The summed E-state index contributed by atoms with van der Waals surface area (Å²) in [5.41, 5.74) is 0. The lowest BCUT2D eigenvalue weighted by molar-refractivity contribution is -0.159. The van der Waals surface area contributed by atoms with Gasteiger partial charge in [-0.15, -0.1) is 0 Å². The molecular formula is C10H17N3O6. The van der Waals surface area contributed by atoms with E-state index in [1.165, 1.54) is 4.96 Å². The second kappa shape index (κ2) is 5.72. The van der Waals surface area contributed by atoms with Gasteiger partial charge in [-0.3, -0.25) is 14.6 Å². The molecular weight excluding hydrogens is 258 g/mol. The van der Waals surface area contributed by atoms with Gasteiger partial charge < -0.3 is 14.7 Å². The van der Waals surface area contributed by atoms with E-state index >= 15 is 0 Å². The zero-order valence-electron chi connectivity index (χ0n) is 10.7. The second-order valence-electron chi connectivity index (χ2n) is 4.28. The summed E-state index contributed by atoms with van der Waals surface area (Å²) in [6.07, 6.45) is 1.71. The Morgan fingerprint density at radius 2 is 2.26 bits per heavy atom. The SMILES string of the molecule is CCC(=O)OCOn1on1N1CCCC(C(=O)O)C1. The van der Waals surface area contributed by atoms with Crippen molar-refractivity contribution in [3.05, 3.63) is 0 Å². The van der Waals surface area contributed by atoms with E-state index in [0.29, 0.717) is 19.5 Å². The van der Waals surface area contributed by atoms with Crippen molar-refractivity contribution in [1.82, 2.24) is 9.98 Å². The van der Waals surface area contributed by atoms with Gasteiger partial charge in [0.25, 0.3) is 6.79 Å². The van der Waals surface area contributed by atoms with Gasteiger partial charge in [-0.05, 0) is 12.8 Å². The molecule has 1 aliphatic heterocycles. The summed E-state index contributed by atoms with van der Waals surface area (Å²) in [5.74, 6) is -1.58. The maximum Gasteiger partial charge on any atom is 0.308 e. The molecule has 0 radical (unpaired) electrons. The van der Waals surface area contributed by atoms with Crippen LogP contribution in [0.4, 0.5) is 0 Å². The average molecular weight is 275 g/mol. The van der Waals surface area contributed by atoms with Gasteiger partial charge in [-0.25, -0.2) is 0 Å². The maximum atomic E-state index is 10.9. The second-order valence-corrected chi connectivity index (χ2v) is 4.28. The fourth-order valence-electron chi connectivity index (χ4n) is 1.83. The van der Waals surface area contributed by atoms with Crippen molar-refractivity contribution in [2.75, 3.05) is 24.9 Å². The molecule has 9 nitrogen and oxygen atoms in total. The van der Waals surface area contributed by atoms with Crippen LogP contribution in [-0.2, 0) is 14.3 Å². The van der Waals surface area contributed by atoms with Gasteiger partial charge in [0.05, 0.1) is 12.5 Å². The van der Waals surface area contributed by atoms with Crippen molar-refractivity contribution in [3.63, 3.8) is 0 Å². The van der Waals surface area contributed by atoms with Crippen LogP contribution in [0.3, 0.4) is 0 Å². The monoisotopic (exact) mass is 275 g/mol. The van der Waals surface area contributed by atoms with E-state index in [1.54, 1.807) is 11.9 Å². The molecule has 1 fully saturated rings. The summed E-state index contributed by atoms with van der Waals surface area (Å²) in [6.45, 7) is 2.50. The number of carbonyl (C=O) groups excluding carboxylic acids is 1. The first-order valence-electron chi connectivity index (χ1n) is 6.16. The Labute approximate surface area is 109 Å². The Morgan fingerprint density at radius 1 is 1.47 bits per heavy atom. The first-order chi connectivity index (χ1) is 9.11. The smallest absolute Gasteiger partial charge is 0.308 e. The number of ether oxygens (including phenoxy) is 1. The number of carboxylic acids is 1. The third-order valence-electron chi connectivity index (χ3n) is 2.92. The van der Waals surface area contributed by atoms with Crippen molar-refractivity contribution in [1.29, 1.82) is 0 Å². The average Bonchev–Trinajstić information content (AvgIpc) is 3.18. The molecule has 9 heteroatoms. The van der Waals surface area contributed by atoms with Crippen molar-refractivity contribution < 1.29 is 28.9 Å². The van der Waals surface area contributed by atoms with Gasteiger partial charge in [-0.2, -0.15) is 4.63 Å². The normalized spacial score (nSPS) is 19.4. The fraction of sp³-hybridized carbons (Fsp3) is 0.800. The lowest BCUT2D eigenvalue weighted by Gasteiger charge is -2.26. The molecule has 108 valence electrons. The van der Waals surface area contributed by atoms with Crippen LogP contribution >= 0.6 is 0 Å². The predicted molar refractivity (Wildman–Crippen MR) is 60.8 cm³/mol. The minimum absolute atomic E-state index is 0.237. The summed E-state index contributed by atoms with van der Waals surface area (Å²) >= 11 is 0. The first kappa shape index (κ1) is 13.4. The van der Waals surface area contributed by atoms with E-state index in [9.17, 15) is 9.59 Å². The van der Waals surface area contributed by atoms with E-state index < -0.39 is 11.9 Å². The number of aromatic nitrogens is 2. The van der Waals surface area contributed by atoms with Crippen LogP contribution in [0.1, 0.15) is 26.2 Å². The number of aliphatic carboxylic acids is 1. The quantitative estimate of drug-likeness (QED) is 0.559. The van der Waals surface area contributed by atoms with Crippen molar-refractivity contribution in [2.24, 2.45) is 5.92 Å². The molecule has 19 heavy (non-hydrogen) atoms. The van der Waals surface area contributed by atoms with Gasteiger partial charge >= 0.3 is 11.9 Å². The number of hydrogen-bond donors (Lipinski definition) is 1. The van der Waals surface area contributed by atoms with Crippen molar-refractivity contribution in [3.8, 4) is 0 Å². The summed E-state index contributed by atoms with van der Waals surface area (Å²) < 4.78 is 9.70. The third-order valence-corrected chi connectivity index (χ3v) is 2.92. The zero-order valence-corrected chi connectivity index (χ0v) is 10.7. The van der Waals surface area contributed by atoms with E-state index in [-0.39, 0.29) is 19.2 Å². The lowest BCUT2D eigenvalue weighted by Crippen LogP contribution is -2.44. The van der Waals surface area contributed by atoms with Gasteiger partial charge in [0.15, 0.2) is 0 Å². The zero-order chi connectivity index (χ0) is 13.8. The van der Waals surface area contributed by atoms with Crippen LogP contribution < -0.4 is 9.85 Å². The highest BCUT2D eigenvalue weighted by Crippen LogP contribution is 2.16. The molecule has 0 amide bonds. The number of hydrogen-bond acceptors (Lipinski definition) is 6. The summed E-state index contributed by atoms with van der Waals surface area (Å²) in [4.78, 5) is 28.1. The minimum atomic E-state index is -0.809. The number of carbonyl (C=O) groups is 2. The molecule has 1 aliphatic rings. The highest BCUT2D eigenvalue weighted by Gasteiger charge is 2.30. The van der Waals surface area contributed by atoms with E-state index in [0.717, 1.165) is 11.4 Å². The van der Waals surface area contributed by atoms with Gasteiger partial charge in [0.2, 0.25) is 0 Å². The maximum absolute atomic E-state index is 10.9. The Bertz CT molecular complexity index is 433. The number of piperidine rings is 1. The van der Waals surface area contributed by atoms with Crippen molar-refractivity contribution in [2.45, 2.75) is 26.2 Å². The molecule has 0 saturated carbocycles. The molecule has 1 N–H and O–H groups in total. The predicted octanol–water partition coefficient (Wildman–Crippen LogP) is -0.345. The number of nitrogens with zero attached hydrogens (tertiary/aromatic N) is 3. The highest BCUT2D eigenvalue weighted by molar-refractivity contribution is 5.70. The fourth-order valence-corrected chi connectivity index (χ4v) is 1.83. The molecule has 1 atom stereocenters. The molecule has 0 spiro atoms. The molecule has 0 bridgehead atoms. The molecule has 0 aliphatic carbocycles. The first-order valence-corrected chi connectivity index (χ1v) is 6.16. The lowest BCUT2D eigenvalue weighted by atomic mass is 10.00. The van der Waals surface area contributed by atoms with Crippen LogP contribution in [-0.4, -0.2) is 46.9 Å². The number of rotatable bonds is 6. The van der Waals surface area contributed by atoms with Crippen LogP contribution in [0.25, 0.3) is 0 Å². The summed E-state index contributed by atoms with van der Waals surface area (Å²) in [5, 5.41) is 11.7. The molecule has 1 unspecified atom stereocenters. The van der Waals surface area contributed by atoms with E-state index in [1.807, 2.05) is 0 Å². The number of esters is 1. The van der Waals surface area contributed by atoms with Crippen LogP contribution in [0.2, 0.25) is 0 Å². The van der Waals surface area contributed by atoms with Gasteiger partial charge in [-0.1, -0.05) is 6.92 Å². The summed E-state index contributed by atoms with van der Waals surface area (Å²) in [7, 11) is 0. The Kier molecular flexibility index (Phi) is 4.03. The topological polar surface area (TPSA) is 99.1 Å². The standard InChI is InChI=1S/C10H17N3O6/c1-2-9(14)17-7-18-13-12(19-13)11-5-3-4-8(6-11)10(15)16/h8H,2-7H2,1H3,(H,15,16). The third kappa shape index (κ3) is 3.46. The van der Waals surface area contributed by atoms with Gasteiger partial charge in [0, 0.05) is 17.9 Å². The van der Waals surface area contributed by atoms with E-state index in [4.69, 9.17) is 19.3 Å². The molecule has 1 aromatic heterocycles.